The van der Waals surface area contributed by atoms with Crippen molar-refractivity contribution in [3.05, 3.63) is 29.8 Å². The maximum absolute atomic E-state index is 12.3. The van der Waals surface area contributed by atoms with Crippen LogP contribution in [-0.4, -0.2) is 47.6 Å². The summed E-state index contributed by atoms with van der Waals surface area (Å²) in [7, 11) is 0. The molecule has 0 bridgehead atoms. The van der Waals surface area contributed by atoms with Crippen LogP contribution in [0.4, 0.5) is 5.69 Å². The number of hydrogen-bond donors (Lipinski definition) is 1. The molecule has 2 aliphatic heterocycles. The number of hydrogen-bond acceptors (Lipinski definition) is 3. The van der Waals surface area contributed by atoms with Crippen molar-refractivity contribution in [2.75, 3.05) is 24.5 Å². The predicted molar refractivity (Wildman–Crippen MR) is 79.2 cm³/mol. The van der Waals surface area contributed by atoms with Crippen molar-refractivity contribution in [2.24, 2.45) is 0 Å². The zero-order chi connectivity index (χ0) is 15.0. The molecule has 0 radical (unpaired) electrons. The van der Waals surface area contributed by atoms with Crippen molar-refractivity contribution < 1.29 is 14.7 Å². The summed E-state index contributed by atoms with van der Waals surface area (Å²) in [5.41, 5.74) is 1.45. The Kier molecular flexibility index (Phi) is 3.87. The SMILES string of the molecule is O=C(CN1C(=O)C(Cl)c2ccccc21)N1CCCC(O)C1. The van der Waals surface area contributed by atoms with Gasteiger partial charge in [-0.25, -0.2) is 0 Å². The van der Waals surface area contributed by atoms with E-state index in [2.05, 4.69) is 0 Å². The lowest BCUT2D eigenvalue weighted by Crippen LogP contribution is -2.47. The van der Waals surface area contributed by atoms with Crippen molar-refractivity contribution in [3.8, 4) is 0 Å². The quantitative estimate of drug-likeness (QED) is 0.838. The van der Waals surface area contributed by atoms with Crippen LogP contribution in [-0.2, 0) is 9.59 Å². The Morgan fingerprint density at radius 2 is 2.14 bits per heavy atom. The molecule has 21 heavy (non-hydrogen) atoms. The van der Waals surface area contributed by atoms with Crippen LogP contribution in [0.1, 0.15) is 23.8 Å². The largest absolute Gasteiger partial charge is 0.391 e. The minimum Gasteiger partial charge on any atom is -0.391 e. The number of carbonyl (C=O) groups is 2. The van der Waals surface area contributed by atoms with Gasteiger partial charge >= 0.3 is 0 Å². The molecule has 2 atom stereocenters. The molecule has 0 spiro atoms. The first-order valence-corrected chi connectivity index (χ1v) is 7.52. The van der Waals surface area contributed by atoms with Crippen molar-refractivity contribution in [3.63, 3.8) is 0 Å². The number of aliphatic hydroxyl groups excluding tert-OH is 1. The summed E-state index contributed by atoms with van der Waals surface area (Å²) in [5.74, 6) is -0.411. The summed E-state index contributed by atoms with van der Waals surface area (Å²) < 4.78 is 0. The monoisotopic (exact) mass is 308 g/mol. The number of likely N-dealkylation sites (tertiary alicyclic amines) is 1. The summed E-state index contributed by atoms with van der Waals surface area (Å²) in [6.07, 6.45) is 1.04. The minimum atomic E-state index is -0.721. The zero-order valence-electron chi connectivity index (χ0n) is 11.5. The fourth-order valence-corrected chi connectivity index (χ4v) is 3.22. The third-order valence-corrected chi connectivity index (χ3v) is 4.45. The molecule has 1 aromatic carbocycles. The molecule has 3 rings (SSSR count). The van der Waals surface area contributed by atoms with Crippen molar-refractivity contribution >= 4 is 29.1 Å². The van der Waals surface area contributed by atoms with E-state index in [1.165, 1.54) is 4.90 Å². The van der Waals surface area contributed by atoms with Gasteiger partial charge in [0.15, 0.2) is 0 Å². The number of β-amino-alcohol motifs (C(OH)–C–C–N with tert-alkyl or cyclic N) is 1. The second kappa shape index (κ2) is 5.66. The van der Waals surface area contributed by atoms with Gasteiger partial charge in [0, 0.05) is 24.3 Å². The topological polar surface area (TPSA) is 60.9 Å². The number of carbonyl (C=O) groups excluding carboxylic acids is 2. The van der Waals surface area contributed by atoms with Gasteiger partial charge in [0.05, 0.1) is 6.10 Å². The highest BCUT2D eigenvalue weighted by atomic mass is 35.5. The fraction of sp³-hybridized carbons (Fsp3) is 0.467. The number of piperidine rings is 1. The average molecular weight is 309 g/mol. The maximum Gasteiger partial charge on any atom is 0.250 e. The number of anilines is 1. The Bertz CT molecular complexity index is 578. The lowest BCUT2D eigenvalue weighted by molar-refractivity contribution is -0.134. The van der Waals surface area contributed by atoms with E-state index >= 15 is 0 Å². The molecule has 1 N–H and O–H groups in total. The molecule has 0 aromatic heterocycles. The Hall–Kier alpha value is -1.59. The molecular weight excluding hydrogens is 292 g/mol. The van der Waals surface area contributed by atoms with E-state index in [0.29, 0.717) is 18.8 Å². The second-order valence-corrected chi connectivity index (χ2v) is 5.92. The molecule has 1 saturated heterocycles. The molecule has 6 heteroatoms. The van der Waals surface area contributed by atoms with Gasteiger partial charge in [0.2, 0.25) is 11.8 Å². The lowest BCUT2D eigenvalue weighted by Gasteiger charge is -2.31. The summed E-state index contributed by atoms with van der Waals surface area (Å²) in [4.78, 5) is 27.6. The van der Waals surface area contributed by atoms with Gasteiger partial charge < -0.3 is 14.9 Å². The first-order valence-electron chi connectivity index (χ1n) is 7.08. The van der Waals surface area contributed by atoms with Crippen molar-refractivity contribution in [1.82, 2.24) is 4.90 Å². The number of nitrogens with zero attached hydrogens (tertiary/aromatic N) is 2. The first-order chi connectivity index (χ1) is 10.1. The molecule has 2 amide bonds. The Balaban J connectivity index is 1.76. The fourth-order valence-electron chi connectivity index (χ4n) is 2.92. The number of alkyl halides is 1. The number of amides is 2. The van der Waals surface area contributed by atoms with E-state index < -0.39 is 11.5 Å². The van der Waals surface area contributed by atoms with Gasteiger partial charge in [-0.3, -0.25) is 9.59 Å². The van der Waals surface area contributed by atoms with Gasteiger partial charge in [-0.15, -0.1) is 11.6 Å². The number of halogens is 1. The summed E-state index contributed by atoms with van der Waals surface area (Å²) >= 11 is 6.12. The Labute approximate surface area is 128 Å². The van der Waals surface area contributed by atoms with Gasteiger partial charge in [-0.1, -0.05) is 18.2 Å². The highest BCUT2D eigenvalue weighted by molar-refractivity contribution is 6.35. The third-order valence-electron chi connectivity index (χ3n) is 4.03. The molecule has 5 nitrogen and oxygen atoms in total. The minimum absolute atomic E-state index is 0.0220. The molecule has 0 saturated carbocycles. The first kappa shape index (κ1) is 14.4. The molecular formula is C15H17ClN2O3. The summed E-state index contributed by atoms with van der Waals surface area (Å²) in [5, 5.41) is 8.92. The predicted octanol–water partition coefficient (Wildman–Crippen LogP) is 1.30. The van der Waals surface area contributed by atoms with Crippen LogP contribution in [0.15, 0.2) is 24.3 Å². The summed E-state index contributed by atoms with van der Waals surface area (Å²) in [6.45, 7) is 0.947. The highest BCUT2D eigenvalue weighted by Gasteiger charge is 2.37. The van der Waals surface area contributed by atoms with E-state index in [-0.39, 0.29) is 18.4 Å². The van der Waals surface area contributed by atoms with Crippen LogP contribution in [0.3, 0.4) is 0 Å². The van der Waals surface area contributed by atoms with Crippen LogP contribution in [0.25, 0.3) is 0 Å². The lowest BCUT2D eigenvalue weighted by atomic mass is 10.1. The zero-order valence-corrected chi connectivity index (χ0v) is 12.3. The maximum atomic E-state index is 12.3. The smallest absolute Gasteiger partial charge is 0.250 e. The highest BCUT2D eigenvalue weighted by Crippen LogP contribution is 2.39. The van der Waals surface area contributed by atoms with Crippen LogP contribution in [0.5, 0.6) is 0 Å². The number of rotatable bonds is 2. The van der Waals surface area contributed by atoms with E-state index in [0.717, 1.165) is 18.4 Å². The molecule has 1 fully saturated rings. The summed E-state index contributed by atoms with van der Waals surface area (Å²) in [6, 6.07) is 7.25. The second-order valence-electron chi connectivity index (χ2n) is 5.48. The molecule has 0 aliphatic carbocycles. The van der Waals surface area contributed by atoms with Crippen molar-refractivity contribution in [2.45, 2.75) is 24.3 Å². The number of fused-ring (bicyclic) bond motifs is 1. The van der Waals surface area contributed by atoms with Crippen LogP contribution in [0.2, 0.25) is 0 Å². The molecule has 112 valence electrons. The molecule has 2 aliphatic rings. The van der Waals surface area contributed by atoms with Crippen LogP contribution >= 0.6 is 11.6 Å². The van der Waals surface area contributed by atoms with Gasteiger partial charge in [0.25, 0.3) is 0 Å². The molecule has 2 heterocycles. The molecule has 1 aromatic rings. The third kappa shape index (κ3) is 2.63. The normalized spacial score (nSPS) is 25.1. The van der Waals surface area contributed by atoms with Gasteiger partial charge in [-0.2, -0.15) is 0 Å². The van der Waals surface area contributed by atoms with E-state index in [4.69, 9.17) is 11.6 Å². The van der Waals surface area contributed by atoms with Crippen molar-refractivity contribution in [1.29, 1.82) is 0 Å². The van der Waals surface area contributed by atoms with Gasteiger partial charge in [0.1, 0.15) is 11.9 Å². The van der Waals surface area contributed by atoms with Crippen LogP contribution in [0, 0.1) is 0 Å². The van der Waals surface area contributed by atoms with E-state index in [9.17, 15) is 14.7 Å². The molecule has 2 unspecified atom stereocenters. The van der Waals surface area contributed by atoms with E-state index in [1.54, 1.807) is 17.0 Å². The van der Waals surface area contributed by atoms with E-state index in [1.807, 2.05) is 12.1 Å². The number of benzene rings is 1. The van der Waals surface area contributed by atoms with Gasteiger partial charge in [-0.05, 0) is 18.9 Å². The average Bonchev–Trinajstić information content (AvgIpc) is 2.73. The Morgan fingerprint density at radius 1 is 1.38 bits per heavy atom. The van der Waals surface area contributed by atoms with Crippen LogP contribution < -0.4 is 4.90 Å². The Morgan fingerprint density at radius 3 is 2.90 bits per heavy atom. The number of para-hydroxylation sites is 1. The standard InChI is InChI=1S/C15H17ClN2O3/c16-14-11-5-1-2-6-12(11)18(15(14)21)9-13(20)17-7-3-4-10(19)8-17/h1-2,5-6,10,14,19H,3-4,7-9H2. The number of aliphatic hydroxyl groups is 1.